The second-order valence-electron chi connectivity index (χ2n) is 9.29. The number of likely N-dealkylation sites (tertiary alicyclic amines) is 1. The van der Waals surface area contributed by atoms with E-state index in [4.69, 9.17) is 18.9 Å². The molecule has 1 saturated heterocycles. The number of fused-ring (bicyclic) bond motifs is 2. The Kier molecular flexibility index (Phi) is 8.20. The summed E-state index contributed by atoms with van der Waals surface area (Å²) in [6, 6.07) is 7.11. The van der Waals surface area contributed by atoms with Gasteiger partial charge < -0.3 is 18.9 Å². The van der Waals surface area contributed by atoms with E-state index in [-0.39, 0.29) is 59.0 Å². The van der Waals surface area contributed by atoms with Crippen LogP contribution in [0.15, 0.2) is 30.3 Å². The molecule has 0 atom stereocenters. The molecular formula is C28H27NO10. The van der Waals surface area contributed by atoms with Gasteiger partial charge in [0, 0.05) is 45.0 Å². The number of rotatable bonds is 7. The van der Waals surface area contributed by atoms with Crippen molar-refractivity contribution in [2.75, 3.05) is 19.6 Å². The second-order valence-corrected chi connectivity index (χ2v) is 9.29. The molecule has 11 heteroatoms. The summed E-state index contributed by atoms with van der Waals surface area (Å²) in [5.41, 5.74) is 0.104. The molecule has 1 aliphatic carbocycles. The number of carbonyl (C=O) groups is 6. The number of piperidine rings is 1. The SMILES string of the molecule is CC(=O)Oc1cccc2c1C(=O)c1c(OC(C)=O)cc(COC(=O)CN3CCC(OC(C)=O)CC3)cc1C2=O. The molecule has 2 aromatic rings. The predicted octanol–water partition coefficient (Wildman–Crippen LogP) is 2.38. The summed E-state index contributed by atoms with van der Waals surface area (Å²) < 4.78 is 21.0. The molecule has 0 bridgehead atoms. The van der Waals surface area contributed by atoms with Gasteiger partial charge in [-0.05, 0) is 36.6 Å². The van der Waals surface area contributed by atoms with E-state index in [2.05, 4.69) is 0 Å². The highest BCUT2D eigenvalue weighted by atomic mass is 16.5. The minimum absolute atomic E-state index is 0.0233. The topological polar surface area (TPSA) is 143 Å². The molecule has 0 amide bonds. The zero-order valence-electron chi connectivity index (χ0n) is 21.7. The number of ketones is 2. The number of hydrogen-bond donors (Lipinski definition) is 0. The Morgan fingerprint density at radius 1 is 0.821 bits per heavy atom. The quantitative estimate of drug-likeness (QED) is 0.324. The van der Waals surface area contributed by atoms with Gasteiger partial charge in [-0.3, -0.25) is 33.7 Å². The lowest BCUT2D eigenvalue weighted by Crippen LogP contribution is -2.40. The number of ether oxygens (including phenoxy) is 4. The average molecular weight is 538 g/mol. The van der Waals surface area contributed by atoms with Crippen LogP contribution >= 0.6 is 0 Å². The maximum Gasteiger partial charge on any atom is 0.320 e. The molecular weight excluding hydrogens is 510 g/mol. The van der Waals surface area contributed by atoms with Crippen LogP contribution in [-0.4, -0.2) is 66.1 Å². The molecule has 39 heavy (non-hydrogen) atoms. The molecule has 0 spiro atoms. The summed E-state index contributed by atoms with van der Waals surface area (Å²) in [4.78, 5) is 75.8. The zero-order valence-corrected chi connectivity index (χ0v) is 21.7. The van der Waals surface area contributed by atoms with Crippen LogP contribution in [0.2, 0.25) is 0 Å². The Morgan fingerprint density at radius 2 is 1.46 bits per heavy atom. The lowest BCUT2D eigenvalue weighted by molar-refractivity contribution is -0.151. The van der Waals surface area contributed by atoms with Crippen LogP contribution in [0.1, 0.15) is 71.0 Å². The van der Waals surface area contributed by atoms with Gasteiger partial charge in [0.2, 0.25) is 5.78 Å². The number of benzene rings is 2. The second kappa shape index (κ2) is 11.6. The number of hydrogen-bond acceptors (Lipinski definition) is 11. The Balaban J connectivity index is 1.53. The Morgan fingerprint density at radius 3 is 2.10 bits per heavy atom. The molecule has 1 fully saturated rings. The van der Waals surface area contributed by atoms with Gasteiger partial charge in [0.15, 0.2) is 5.78 Å². The summed E-state index contributed by atoms with van der Waals surface area (Å²) in [7, 11) is 0. The largest absolute Gasteiger partial charge is 0.462 e. The molecule has 11 nitrogen and oxygen atoms in total. The van der Waals surface area contributed by atoms with Crippen LogP contribution in [0.4, 0.5) is 0 Å². The van der Waals surface area contributed by atoms with Crippen molar-refractivity contribution in [1.82, 2.24) is 4.90 Å². The third-order valence-electron chi connectivity index (χ3n) is 6.26. The average Bonchev–Trinajstić information content (AvgIpc) is 2.86. The van der Waals surface area contributed by atoms with Gasteiger partial charge >= 0.3 is 23.9 Å². The molecule has 1 heterocycles. The van der Waals surface area contributed by atoms with Crippen molar-refractivity contribution >= 4 is 35.4 Å². The zero-order chi connectivity index (χ0) is 28.3. The van der Waals surface area contributed by atoms with E-state index in [1.807, 2.05) is 4.90 Å². The Bertz CT molecular complexity index is 1370. The van der Waals surface area contributed by atoms with Crippen molar-refractivity contribution in [3.63, 3.8) is 0 Å². The highest BCUT2D eigenvalue weighted by molar-refractivity contribution is 6.30. The van der Waals surface area contributed by atoms with Gasteiger partial charge in [-0.1, -0.05) is 12.1 Å². The first kappa shape index (κ1) is 27.6. The van der Waals surface area contributed by atoms with Crippen molar-refractivity contribution in [3.8, 4) is 11.5 Å². The molecule has 2 aromatic carbocycles. The van der Waals surface area contributed by atoms with Gasteiger partial charge in [0.25, 0.3) is 0 Å². The molecule has 0 saturated carbocycles. The molecule has 204 valence electrons. The maximum atomic E-state index is 13.5. The molecule has 1 aliphatic heterocycles. The molecule has 0 aromatic heterocycles. The molecule has 4 rings (SSSR count). The van der Waals surface area contributed by atoms with Gasteiger partial charge in [-0.15, -0.1) is 0 Å². The summed E-state index contributed by atoms with van der Waals surface area (Å²) >= 11 is 0. The smallest absolute Gasteiger partial charge is 0.320 e. The summed E-state index contributed by atoms with van der Waals surface area (Å²) in [6.07, 6.45) is 1.06. The first-order valence-corrected chi connectivity index (χ1v) is 12.3. The summed E-state index contributed by atoms with van der Waals surface area (Å²) in [5, 5.41) is 0. The van der Waals surface area contributed by atoms with Gasteiger partial charge in [0.05, 0.1) is 17.7 Å². The van der Waals surface area contributed by atoms with Crippen molar-refractivity contribution in [2.45, 2.75) is 46.3 Å². The van der Waals surface area contributed by atoms with Crippen molar-refractivity contribution in [2.24, 2.45) is 0 Å². The molecule has 0 radical (unpaired) electrons. The molecule has 0 unspecified atom stereocenters. The van der Waals surface area contributed by atoms with Crippen LogP contribution in [0.5, 0.6) is 11.5 Å². The van der Waals surface area contributed by atoms with Crippen LogP contribution in [0.25, 0.3) is 0 Å². The third-order valence-corrected chi connectivity index (χ3v) is 6.26. The first-order valence-electron chi connectivity index (χ1n) is 12.3. The highest BCUT2D eigenvalue weighted by Crippen LogP contribution is 2.38. The first-order chi connectivity index (χ1) is 18.5. The summed E-state index contributed by atoms with van der Waals surface area (Å²) in [5.74, 6) is -3.65. The minimum Gasteiger partial charge on any atom is -0.462 e. The van der Waals surface area contributed by atoms with E-state index in [9.17, 15) is 28.8 Å². The van der Waals surface area contributed by atoms with Crippen LogP contribution in [0, 0.1) is 0 Å². The fourth-order valence-electron chi connectivity index (χ4n) is 4.68. The molecule has 0 N–H and O–H groups in total. The van der Waals surface area contributed by atoms with E-state index in [0.29, 0.717) is 31.5 Å². The third kappa shape index (κ3) is 6.37. The van der Waals surface area contributed by atoms with E-state index >= 15 is 0 Å². The normalized spacial score (nSPS) is 15.2. The van der Waals surface area contributed by atoms with E-state index < -0.39 is 29.5 Å². The van der Waals surface area contributed by atoms with Gasteiger partial charge in [0.1, 0.15) is 24.2 Å². The number of esters is 4. The highest BCUT2D eigenvalue weighted by Gasteiger charge is 2.36. The van der Waals surface area contributed by atoms with Gasteiger partial charge in [-0.2, -0.15) is 0 Å². The predicted molar refractivity (Wildman–Crippen MR) is 133 cm³/mol. The van der Waals surface area contributed by atoms with E-state index in [1.54, 1.807) is 0 Å². The fraction of sp³-hybridized carbons (Fsp3) is 0.357. The molecule has 2 aliphatic rings. The van der Waals surface area contributed by atoms with Crippen molar-refractivity contribution < 1.29 is 47.7 Å². The van der Waals surface area contributed by atoms with Crippen LogP contribution in [-0.2, 0) is 35.3 Å². The van der Waals surface area contributed by atoms with E-state index in [1.165, 1.54) is 44.2 Å². The summed E-state index contributed by atoms with van der Waals surface area (Å²) in [6.45, 7) is 4.61. The van der Waals surface area contributed by atoms with Crippen LogP contribution in [0.3, 0.4) is 0 Å². The van der Waals surface area contributed by atoms with Crippen molar-refractivity contribution in [1.29, 1.82) is 0 Å². The fourth-order valence-corrected chi connectivity index (χ4v) is 4.68. The van der Waals surface area contributed by atoms with Crippen LogP contribution < -0.4 is 9.47 Å². The number of nitrogens with zero attached hydrogens (tertiary/aromatic N) is 1. The van der Waals surface area contributed by atoms with Crippen molar-refractivity contribution in [3.05, 3.63) is 58.1 Å². The monoisotopic (exact) mass is 537 g/mol. The standard InChI is InChI=1S/C28H27NO10/c1-15(30)37-19-7-9-29(10-8-19)13-24(33)36-14-18-11-21-26(23(12-18)39-17(3)32)28(35)25-20(27(21)34)5-4-6-22(25)38-16(2)31/h4-6,11-12,19H,7-10,13-14H2,1-3H3. The minimum atomic E-state index is -0.720. The van der Waals surface area contributed by atoms with Gasteiger partial charge in [-0.25, -0.2) is 0 Å². The Labute approximate surface area is 223 Å². The maximum absolute atomic E-state index is 13.5. The Hall–Kier alpha value is -4.38. The lowest BCUT2D eigenvalue weighted by atomic mass is 9.82. The lowest BCUT2D eigenvalue weighted by Gasteiger charge is -2.30. The number of carbonyl (C=O) groups excluding carboxylic acids is 6. The van der Waals surface area contributed by atoms with E-state index in [0.717, 1.165) is 6.92 Å².